The molecule has 0 aliphatic carbocycles. The third kappa shape index (κ3) is 1.98. The Bertz CT molecular complexity index is 84.7. The van der Waals surface area contributed by atoms with Gasteiger partial charge in [-0.1, -0.05) is 0 Å². The van der Waals surface area contributed by atoms with Crippen LogP contribution >= 0.6 is 0 Å². The highest BCUT2D eigenvalue weighted by Crippen LogP contribution is 1.95. The van der Waals surface area contributed by atoms with Crippen molar-refractivity contribution in [1.29, 1.82) is 0 Å². The normalized spacial score (nSPS) is 13.0. The Morgan fingerprint density at radius 2 is 2.00 bits per heavy atom. The number of aliphatic hydroxyl groups is 1. The largest absolute Gasteiger partial charge is 0.392 e. The van der Waals surface area contributed by atoms with Crippen LogP contribution in [0.15, 0.2) is 11.3 Å². The predicted molar refractivity (Wildman–Crippen MR) is 34.5 cm³/mol. The van der Waals surface area contributed by atoms with Gasteiger partial charge in [0.05, 0.1) is 6.61 Å². The van der Waals surface area contributed by atoms with Gasteiger partial charge in [-0.25, -0.2) is 0 Å². The van der Waals surface area contributed by atoms with Crippen molar-refractivity contribution in [2.45, 2.75) is 13.8 Å². The molecule has 0 radical (unpaired) electrons. The molecular formula is C6H13NO. The van der Waals surface area contributed by atoms with Crippen molar-refractivity contribution in [3.63, 3.8) is 0 Å². The molecule has 0 amide bonds. The van der Waals surface area contributed by atoms with Crippen molar-refractivity contribution in [2.75, 3.05) is 13.7 Å². The van der Waals surface area contributed by atoms with Gasteiger partial charge in [-0.2, -0.15) is 0 Å². The Morgan fingerprint density at radius 1 is 1.50 bits per heavy atom. The highest BCUT2D eigenvalue weighted by molar-refractivity contribution is 5.06. The van der Waals surface area contributed by atoms with E-state index in [1.165, 1.54) is 0 Å². The molecule has 8 heavy (non-hydrogen) atoms. The van der Waals surface area contributed by atoms with Gasteiger partial charge in [0, 0.05) is 12.7 Å². The van der Waals surface area contributed by atoms with E-state index in [9.17, 15) is 0 Å². The van der Waals surface area contributed by atoms with E-state index in [2.05, 4.69) is 5.32 Å². The smallest absolute Gasteiger partial charge is 0.0658 e. The molecule has 0 bridgehead atoms. The van der Waals surface area contributed by atoms with Gasteiger partial charge in [0.1, 0.15) is 0 Å². The zero-order valence-corrected chi connectivity index (χ0v) is 5.65. The van der Waals surface area contributed by atoms with Crippen LogP contribution in [0.25, 0.3) is 0 Å². The van der Waals surface area contributed by atoms with Crippen LogP contribution in [0.3, 0.4) is 0 Å². The zero-order chi connectivity index (χ0) is 6.57. The monoisotopic (exact) mass is 115 g/mol. The zero-order valence-electron chi connectivity index (χ0n) is 5.65. The van der Waals surface area contributed by atoms with Crippen LogP contribution in [0.5, 0.6) is 0 Å². The SMILES string of the molecule is CN/C(C)=C(\C)CO. The molecular weight excluding hydrogens is 102 g/mol. The van der Waals surface area contributed by atoms with E-state index in [1.807, 2.05) is 20.9 Å². The molecule has 0 fully saturated rings. The van der Waals surface area contributed by atoms with E-state index in [1.54, 1.807) is 0 Å². The lowest BCUT2D eigenvalue weighted by Gasteiger charge is -2.01. The summed E-state index contributed by atoms with van der Waals surface area (Å²) in [5.41, 5.74) is 2.04. The maximum Gasteiger partial charge on any atom is 0.0658 e. The molecule has 0 aliphatic rings. The lowest BCUT2D eigenvalue weighted by atomic mass is 10.2. The Morgan fingerprint density at radius 3 is 2.12 bits per heavy atom. The maximum absolute atomic E-state index is 8.54. The molecule has 0 spiro atoms. The second-order valence-electron chi connectivity index (χ2n) is 1.81. The minimum Gasteiger partial charge on any atom is -0.392 e. The summed E-state index contributed by atoms with van der Waals surface area (Å²) in [5, 5.41) is 11.5. The number of rotatable bonds is 2. The second kappa shape index (κ2) is 3.50. The van der Waals surface area contributed by atoms with Gasteiger partial charge >= 0.3 is 0 Å². The number of nitrogens with one attached hydrogen (secondary N) is 1. The fraction of sp³-hybridized carbons (Fsp3) is 0.667. The van der Waals surface area contributed by atoms with Crippen molar-refractivity contribution >= 4 is 0 Å². The van der Waals surface area contributed by atoms with Gasteiger partial charge < -0.3 is 10.4 Å². The first kappa shape index (κ1) is 7.50. The first-order valence-corrected chi connectivity index (χ1v) is 2.67. The molecule has 0 saturated heterocycles. The fourth-order valence-electron chi connectivity index (χ4n) is 0.332. The minimum absolute atomic E-state index is 0.146. The van der Waals surface area contributed by atoms with Crippen molar-refractivity contribution in [3.8, 4) is 0 Å². The first-order chi connectivity index (χ1) is 3.72. The van der Waals surface area contributed by atoms with Crippen LogP contribution in [0.4, 0.5) is 0 Å². The molecule has 0 rings (SSSR count). The topological polar surface area (TPSA) is 32.3 Å². The molecule has 0 aromatic heterocycles. The van der Waals surface area contributed by atoms with E-state index < -0.39 is 0 Å². The van der Waals surface area contributed by atoms with Crippen LogP contribution in [-0.2, 0) is 0 Å². The summed E-state index contributed by atoms with van der Waals surface area (Å²) < 4.78 is 0. The summed E-state index contributed by atoms with van der Waals surface area (Å²) in [6, 6.07) is 0. The highest BCUT2D eigenvalue weighted by atomic mass is 16.3. The van der Waals surface area contributed by atoms with Gasteiger partial charge in [-0.3, -0.25) is 0 Å². The van der Waals surface area contributed by atoms with Crippen LogP contribution < -0.4 is 5.32 Å². The molecule has 2 N–H and O–H groups in total. The van der Waals surface area contributed by atoms with Gasteiger partial charge in [-0.15, -0.1) is 0 Å². The highest BCUT2D eigenvalue weighted by Gasteiger charge is 1.88. The average molecular weight is 115 g/mol. The summed E-state index contributed by atoms with van der Waals surface area (Å²) in [4.78, 5) is 0. The van der Waals surface area contributed by atoms with Gasteiger partial charge in [0.25, 0.3) is 0 Å². The van der Waals surface area contributed by atoms with Crippen LogP contribution in [0.2, 0.25) is 0 Å². The third-order valence-electron chi connectivity index (χ3n) is 1.25. The minimum atomic E-state index is 0.146. The number of aliphatic hydroxyl groups excluding tert-OH is 1. The Kier molecular flexibility index (Phi) is 3.28. The molecule has 0 saturated carbocycles. The molecule has 0 aromatic carbocycles. The molecule has 2 heteroatoms. The van der Waals surface area contributed by atoms with Gasteiger partial charge in [0.2, 0.25) is 0 Å². The van der Waals surface area contributed by atoms with E-state index in [-0.39, 0.29) is 6.61 Å². The first-order valence-electron chi connectivity index (χ1n) is 2.67. The summed E-state index contributed by atoms with van der Waals surface area (Å²) >= 11 is 0. The van der Waals surface area contributed by atoms with Crippen LogP contribution in [0, 0.1) is 0 Å². The van der Waals surface area contributed by atoms with Crippen molar-refractivity contribution in [3.05, 3.63) is 11.3 Å². The van der Waals surface area contributed by atoms with E-state index in [0.717, 1.165) is 11.3 Å². The van der Waals surface area contributed by atoms with E-state index in [4.69, 9.17) is 5.11 Å². The summed E-state index contributed by atoms with van der Waals surface area (Å²) in [6.07, 6.45) is 0. The summed E-state index contributed by atoms with van der Waals surface area (Å²) in [6.45, 7) is 3.98. The third-order valence-corrected chi connectivity index (χ3v) is 1.25. The average Bonchev–Trinajstić information content (AvgIpc) is 1.84. The number of hydrogen-bond donors (Lipinski definition) is 2. The molecule has 0 aromatic rings. The lowest BCUT2D eigenvalue weighted by Crippen LogP contribution is -2.05. The van der Waals surface area contributed by atoms with Crippen molar-refractivity contribution in [2.24, 2.45) is 0 Å². The van der Waals surface area contributed by atoms with E-state index >= 15 is 0 Å². The second-order valence-corrected chi connectivity index (χ2v) is 1.81. The molecule has 0 unspecified atom stereocenters. The summed E-state index contributed by atoms with van der Waals surface area (Å²) in [7, 11) is 1.84. The predicted octanol–water partition coefficient (Wildman–Crippen LogP) is 0.492. The quantitative estimate of drug-likeness (QED) is 0.549. The maximum atomic E-state index is 8.54. The molecule has 0 heterocycles. The van der Waals surface area contributed by atoms with Gasteiger partial charge in [-0.05, 0) is 19.4 Å². The van der Waals surface area contributed by atoms with Crippen molar-refractivity contribution < 1.29 is 5.11 Å². The Labute approximate surface area is 50.2 Å². The fourth-order valence-corrected chi connectivity index (χ4v) is 0.332. The standard InChI is InChI=1S/C6H13NO/c1-5(4-8)6(2)7-3/h7-8H,4H2,1-3H3/b6-5+. The Hall–Kier alpha value is -0.500. The van der Waals surface area contributed by atoms with Crippen LogP contribution in [0.1, 0.15) is 13.8 Å². The molecule has 2 nitrogen and oxygen atoms in total. The number of allylic oxidation sites excluding steroid dienone is 1. The molecule has 0 atom stereocenters. The van der Waals surface area contributed by atoms with Crippen molar-refractivity contribution in [1.82, 2.24) is 5.32 Å². The number of hydrogen-bond acceptors (Lipinski definition) is 2. The lowest BCUT2D eigenvalue weighted by molar-refractivity contribution is 0.329. The Balaban J connectivity index is 3.83. The van der Waals surface area contributed by atoms with Gasteiger partial charge in [0.15, 0.2) is 0 Å². The molecule has 0 aliphatic heterocycles. The van der Waals surface area contributed by atoms with Crippen LogP contribution in [-0.4, -0.2) is 18.8 Å². The molecule has 48 valence electrons. The van der Waals surface area contributed by atoms with E-state index in [0.29, 0.717) is 0 Å². The summed E-state index contributed by atoms with van der Waals surface area (Å²) in [5.74, 6) is 0.